The van der Waals surface area contributed by atoms with Gasteiger partial charge in [0.1, 0.15) is 0 Å². The van der Waals surface area contributed by atoms with Gasteiger partial charge >= 0.3 is 0 Å². The number of aryl methyl sites for hydroxylation is 2. The Morgan fingerprint density at radius 2 is 1.59 bits per heavy atom. The number of anilines is 1. The molecule has 8 heteroatoms. The summed E-state index contributed by atoms with van der Waals surface area (Å²) in [7, 11) is -0.967. The highest BCUT2D eigenvalue weighted by Crippen LogP contribution is 2.33. The first-order valence-electron chi connectivity index (χ1n) is 12.0. The van der Waals surface area contributed by atoms with Gasteiger partial charge in [-0.05, 0) is 48.9 Å². The lowest BCUT2D eigenvalue weighted by molar-refractivity contribution is -0.116. The van der Waals surface area contributed by atoms with Crippen molar-refractivity contribution in [1.82, 2.24) is 4.31 Å². The van der Waals surface area contributed by atoms with Crippen LogP contribution in [0.1, 0.15) is 57.1 Å². The molecule has 1 amide bonds. The normalized spacial score (nSPS) is 14.7. The molecule has 0 heterocycles. The van der Waals surface area contributed by atoms with Gasteiger partial charge in [-0.15, -0.1) is 0 Å². The van der Waals surface area contributed by atoms with Gasteiger partial charge in [0.25, 0.3) is 0 Å². The summed E-state index contributed by atoms with van der Waals surface area (Å²) < 4.78 is 39.5. The van der Waals surface area contributed by atoms with Crippen molar-refractivity contribution in [3.63, 3.8) is 0 Å². The minimum absolute atomic E-state index is 0.0896. The molecule has 0 aliphatic heterocycles. The average Bonchev–Trinajstić information content (AvgIpc) is 2.87. The molecular weight excluding hydrogens is 452 g/mol. The van der Waals surface area contributed by atoms with Gasteiger partial charge < -0.3 is 14.8 Å². The fourth-order valence-electron chi connectivity index (χ4n) is 4.62. The predicted octanol–water partition coefficient (Wildman–Crippen LogP) is 4.79. The van der Waals surface area contributed by atoms with Gasteiger partial charge in [-0.3, -0.25) is 4.79 Å². The van der Waals surface area contributed by atoms with E-state index in [1.165, 1.54) is 30.7 Å². The number of benzene rings is 2. The van der Waals surface area contributed by atoms with Crippen molar-refractivity contribution in [3.8, 4) is 11.5 Å². The summed E-state index contributed by atoms with van der Waals surface area (Å²) in [4.78, 5) is 13.3. The van der Waals surface area contributed by atoms with E-state index in [-0.39, 0.29) is 23.4 Å². The zero-order chi connectivity index (χ0) is 24.7. The molecule has 1 N–H and O–H groups in total. The minimum atomic E-state index is -3.94. The van der Waals surface area contributed by atoms with Crippen LogP contribution in [0.5, 0.6) is 11.5 Å². The molecule has 0 saturated heterocycles. The number of hydrogen-bond acceptors (Lipinski definition) is 5. The van der Waals surface area contributed by atoms with Crippen molar-refractivity contribution >= 4 is 21.6 Å². The number of methoxy groups -OCH3 is 2. The molecule has 186 valence electrons. The summed E-state index contributed by atoms with van der Waals surface area (Å²) in [6, 6.07) is 10.3. The number of rotatable bonds is 10. The molecule has 0 aromatic heterocycles. The molecule has 2 aromatic rings. The standard InChI is InChI=1S/C26H36N2O5S/c1-5-19-11-10-12-20(6-2)26(19)27-25(29)18-28(21-13-8-7-9-14-21)34(30,31)22-15-16-23(32-3)24(17-22)33-4/h10-12,15-17,21H,5-9,13-14,18H2,1-4H3,(H,27,29). The minimum Gasteiger partial charge on any atom is -0.493 e. The summed E-state index contributed by atoms with van der Waals surface area (Å²) in [5.41, 5.74) is 2.88. The highest BCUT2D eigenvalue weighted by Gasteiger charge is 2.34. The molecule has 0 radical (unpaired) electrons. The number of para-hydroxylation sites is 1. The Hall–Kier alpha value is -2.58. The lowest BCUT2D eigenvalue weighted by atomic mass is 9.95. The smallest absolute Gasteiger partial charge is 0.243 e. The molecule has 2 aromatic carbocycles. The molecule has 0 atom stereocenters. The number of hydrogen-bond donors (Lipinski definition) is 1. The van der Waals surface area contributed by atoms with Gasteiger partial charge in [0.05, 0.1) is 25.7 Å². The molecule has 34 heavy (non-hydrogen) atoms. The van der Waals surface area contributed by atoms with Gasteiger partial charge in [-0.1, -0.05) is 51.3 Å². The summed E-state index contributed by atoms with van der Waals surface area (Å²) in [6.07, 6.45) is 6.01. The maximum atomic E-state index is 13.8. The van der Waals surface area contributed by atoms with Crippen LogP contribution in [0, 0.1) is 0 Å². The molecule has 1 fully saturated rings. The van der Waals surface area contributed by atoms with Crippen LogP contribution in [0.25, 0.3) is 0 Å². The van der Waals surface area contributed by atoms with Gasteiger partial charge in [0, 0.05) is 17.8 Å². The van der Waals surface area contributed by atoms with Crippen LogP contribution in [-0.4, -0.2) is 45.4 Å². The predicted molar refractivity (Wildman–Crippen MR) is 134 cm³/mol. The van der Waals surface area contributed by atoms with Crippen molar-refractivity contribution in [2.24, 2.45) is 0 Å². The number of nitrogens with one attached hydrogen (secondary N) is 1. The number of carbonyl (C=O) groups excluding carboxylic acids is 1. The van der Waals surface area contributed by atoms with Crippen LogP contribution < -0.4 is 14.8 Å². The van der Waals surface area contributed by atoms with E-state index in [2.05, 4.69) is 5.32 Å². The van der Waals surface area contributed by atoms with Crippen LogP contribution in [0.4, 0.5) is 5.69 Å². The Labute approximate surface area is 203 Å². The molecule has 3 rings (SSSR count). The Morgan fingerprint density at radius 1 is 0.971 bits per heavy atom. The Bertz CT molecular complexity index is 1070. The number of carbonyl (C=O) groups is 1. The van der Waals surface area contributed by atoms with Crippen LogP contribution in [0.2, 0.25) is 0 Å². The van der Waals surface area contributed by atoms with Gasteiger partial charge in [0.2, 0.25) is 15.9 Å². The van der Waals surface area contributed by atoms with E-state index >= 15 is 0 Å². The van der Waals surface area contributed by atoms with E-state index in [1.807, 2.05) is 32.0 Å². The summed E-state index contributed by atoms with van der Waals surface area (Å²) in [5.74, 6) is 0.456. The largest absolute Gasteiger partial charge is 0.493 e. The van der Waals surface area contributed by atoms with Crippen molar-refractivity contribution in [2.75, 3.05) is 26.1 Å². The third-order valence-electron chi connectivity index (χ3n) is 6.51. The SMILES string of the molecule is CCc1cccc(CC)c1NC(=O)CN(C1CCCCC1)S(=O)(=O)c1ccc(OC)c(OC)c1. The maximum Gasteiger partial charge on any atom is 0.243 e. The molecule has 0 unspecified atom stereocenters. The Balaban J connectivity index is 1.94. The number of nitrogens with zero attached hydrogens (tertiary/aromatic N) is 1. The quantitative estimate of drug-likeness (QED) is 0.520. The first-order valence-corrected chi connectivity index (χ1v) is 13.4. The summed E-state index contributed by atoms with van der Waals surface area (Å²) in [6.45, 7) is 3.85. The highest BCUT2D eigenvalue weighted by atomic mass is 32.2. The van der Waals surface area contributed by atoms with Crippen molar-refractivity contribution < 1.29 is 22.7 Å². The Morgan fingerprint density at radius 3 is 2.15 bits per heavy atom. The molecule has 1 saturated carbocycles. The fraction of sp³-hybridized carbons (Fsp3) is 0.500. The first-order chi connectivity index (χ1) is 16.3. The molecule has 7 nitrogen and oxygen atoms in total. The molecule has 1 aliphatic carbocycles. The number of sulfonamides is 1. The second-order valence-electron chi connectivity index (χ2n) is 8.57. The van der Waals surface area contributed by atoms with E-state index in [1.54, 1.807) is 6.07 Å². The lowest BCUT2D eigenvalue weighted by Gasteiger charge is -2.33. The third kappa shape index (κ3) is 5.73. The Kier molecular flexibility index (Phi) is 8.97. The first kappa shape index (κ1) is 26.0. The number of ether oxygens (including phenoxy) is 2. The van der Waals surface area contributed by atoms with Gasteiger partial charge in [-0.25, -0.2) is 8.42 Å². The number of amides is 1. The zero-order valence-corrected chi connectivity index (χ0v) is 21.4. The third-order valence-corrected chi connectivity index (χ3v) is 8.40. The van der Waals surface area contributed by atoms with E-state index in [9.17, 15) is 13.2 Å². The molecular formula is C26H36N2O5S. The lowest BCUT2D eigenvalue weighted by Crippen LogP contribution is -2.45. The van der Waals surface area contributed by atoms with Crippen LogP contribution in [0.15, 0.2) is 41.3 Å². The second kappa shape index (κ2) is 11.7. The van der Waals surface area contributed by atoms with E-state index < -0.39 is 10.0 Å². The summed E-state index contributed by atoms with van der Waals surface area (Å²) >= 11 is 0. The van der Waals surface area contributed by atoms with Crippen LogP contribution >= 0.6 is 0 Å². The van der Waals surface area contributed by atoms with E-state index in [0.717, 1.165) is 61.8 Å². The van der Waals surface area contributed by atoms with Crippen molar-refractivity contribution in [1.29, 1.82) is 0 Å². The monoisotopic (exact) mass is 488 g/mol. The summed E-state index contributed by atoms with van der Waals surface area (Å²) in [5, 5.41) is 3.03. The van der Waals surface area contributed by atoms with Gasteiger partial charge in [-0.2, -0.15) is 4.31 Å². The van der Waals surface area contributed by atoms with Crippen molar-refractivity contribution in [2.45, 2.75) is 69.7 Å². The van der Waals surface area contributed by atoms with E-state index in [4.69, 9.17) is 9.47 Å². The second-order valence-corrected chi connectivity index (χ2v) is 10.5. The average molecular weight is 489 g/mol. The maximum absolute atomic E-state index is 13.8. The zero-order valence-electron chi connectivity index (χ0n) is 20.6. The topological polar surface area (TPSA) is 84.9 Å². The van der Waals surface area contributed by atoms with Crippen molar-refractivity contribution in [3.05, 3.63) is 47.5 Å². The molecule has 0 bridgehead atoms. The van der Waals surface area contributed by atoms with Gasteiger partial charge in [0.15, 0.2) is 11.5 Å². The van der Waals surface area contributed by atoms with Crippen LogP contribution in [0.3, 0.4) is 0 Å². The fourth-order valence-corrected chi connectivity index (χ4v) is 6.27. The van der Waals surface area contributed by atoms with E-state index in [0.29, 0.717) is 11.5 Å². The molecule has 0 spiro atoms. The highest BCUT2D eigenvalue weighted by molar-refractivity contribution is 7.89. The molecule has 1 aliphatic rings. The van der Waals surface area contributed by atoms with Crippen LogP contribution in [-0.2, 0) is 27.7 Å².